The number of fused-ring (bicyclic) bond motifs is 1. The van der Waals surface area contributed by atoms with Crippen LogP contribution in [0.3, 0.4) is 0 Å². The van der Waals surface area contributed by atoms with Crippen molar-refractivity contribution < 1.29 is 23.4 Å². The lowest BCUT2D eigenvalue weighted by Crippen LogP contribution is -2.26. The van der Waals surface area contributed by atoms with Crippen molar-refractivity contribution in [3.8, 4) is 22.8 Å². The van der Waals surface area contributed by atoms with Gasteiger partial charge in [-0.05, 0) is 24.3 Å². The van der Waals surface area contributed by atoms with E-state index in [-0.39, 0.29) is 41.2 Å². The highest BCUT2D eigenvalue weighted by molar-refractivity contribution is 6.35. The molecule has 0 radical (unpaired) electrons. The monoisotopic (exact) mass is 458 g/mol. The zero-order chi connectivity index (χ0) is 22.8. The van der Waals surface area contributed by atoms with Crippen LogP contribution in [0.4, 0.5) is 8.78 Å². The third-order valence-corrected chi connectivity index (χ3v) is 5.06. The van der Waals surface area contributed by atoms with Crippen molar-refractivity contribution in [2.45, 2.75) is 0 Å². The standard InChI is InChI=1S/C22H17ClF2N4O3/c1-32-22-17-18(12-5-7-13(8-6-12)21(31)26-9-10-30)28-29(19(17)14(23)11-27-22)20-15(24)3-2-4-16(20)25/h2-8,11,30H,9-10H2,1H3,(H,26,31). The van der Waals surface area contributed by atoms with Gasteiger partial charge in [-0.25, -0.2) is 18.4 Å². The summed E-state index contributed by atoms with van der Waals surface area (Å²) in [5.41, 5.74) is 1.07. The second-order valence-corrected chi connectivity index (χ2v) is 7.13. The number of halogens is 3. The van der Waals surface area contributed by atoms with Crippen LogP contribution in [0.15, 0.2) is 48.7 Å². The van der Waals surface area contributed by atoms with Gasteiger partial charge in [-0.3, -0.25) is 4.79 Å². The van der Waals surface area contributed by atoms with Gasteiger partial charge in [0.1, 0.15) is 16.9 Å². The topological polar surface area (TPSA) is 89.3 Å². The van der Waals surface area contributed by atoms with Crippen molar-refractivity contribution in [2.24, 2.45) is 0 Å². The minimum Gasteiger partial charge on any atom is -0.480 e. The predicted molar refractivity (Wildman–Crippen MR) is 115 cm³/mol. The maximum absolute atomic E-state index is 14.6. The Labute approximate surface area is 186 Å². The molecule has 32 heavy (non-hydrogen) atoms. The van der Waals surface area contributed by atoms with Crippen molar-refractivity contribution in [3.63, 3.8) is 0 Å². The SMILES string of the molecule is COc1ncc(Cl)c2c1c(-c1ccc(C(=O)NCCO)cc1)nn2-c1c(F)cccc1F. The van der Waals surface area contributed by atoms with E-state index in [0.717, 1.165) is 16.8 Å². The maximum atomic E-state index is 14.6. The molecule has 0 aliphatic heterocycles. The first-order valence-corrected chi connectivity index (χ1v) is 9.89. The van der Waals surface area contributed by atoms with E-state index in [9.17, 15) is 13.6 Å². The molecule has 0 spiro atoms. The number of rotatable bonds is 6. The zero-order valence-electron chi connectivity index (χ0n) is 16.8. The molecular formula is C22H17ClF2N4O3. The molecule has 4 aromatic rings. The summed E-state index contributed by atoms with van der Waals surface area (Å²) >= 11 is 6.36. The first kappa shape index (κ1) is 21.7. The Kier molecular flexibility index (Phi) is 6.02. The number of hydrogen-bond donors (Lipinski definition) is 2. The quantitative estimate of drug-likeness (QED) is 0.459. The average molecular weight is 459 g/mol. The van der Waals surface area contributed by atoms with Gasteiger partial charge in [0.15, 0.2) is 11.6 Å². The maximum Gasteiger partial charge on any atom is 0.251 e. The van der Waals surface area contributed by atoms with Gasteiger partial charge in [0.25, 0.3) is 5.91 Å². The third-order valence-electron chi connectivity index (χ3n) is 4.78. The largest absolute Gasteiger partial charge is 0.480 e. The van der Waals surface area contributed by atoms with Crippen LogP contribution in [0.1, 0.15) is 10.4 Å². The molecule has 2 aromatic heterocycles. The highest BCUT2D eigenvalue weighted by Gasteiger charge is 2.24. The molecular weight excluding hydrogens is 442 g/mol. The lowest BCUT2D eigenvalue weighted by atomic mass is 10.1. The summed E-state index contributed by atoms with van der Waals surface area (Å²) in [6, 6.07) is 9.92. The number of nitrogens with zero attached hydrogens (tertiary/aromatic N) is 3. The summed E-state index contributed by atoms with van der Waals surface area (Å²) < 4.78 is 35.6. The van der Waals surface area contributed by atoms with E-state index in [2.05, 4.69) is 15.4 Å². The van der Waals surface area contributed by atoms with E-state index in [1.807, 2.05) is 0 Å². The van der Waals surface area contributed by atoms with Gasteiger partial charge < -0.3 is 15.2 Å². The number of aliphatic hydroxyl groups excluding tert-OH is 1. The Morgan fingerprint density at radius 2 is 1.88 bits per heavy atom. The van der Waals surface area contributed by atoms with Crippen LogP contribution >= 0.6 is 11.6 Å². The molecule has 0 saturated carbocycles. The lowest BCUT2D eigenvalue weighted by Gasteiger charge is -2.08. The second-order valence-electron chi connectivity index (χ2n) is 6.73. The van der Waals surface area contributed by atoms with Crippen LogP contribution in [0.5, 0.6) is 5.88 Å². The Morgan fingerprint density at radius 3 is 2.50 bits per heavy atom. The Balaban J connectivity index is 1.93. The van der Waals surface area contributed by atoms with Crippen LogP contribution in [-0.2, 0) is 0 Å². The molecule has 1 amide bonds. The number of aromatic nitrogens is 3. The molecule has 0 aliphatic rings. The Morgan fingerprint density at radius 1 is 1.19 bits per heavy atom. The molecule has 2 heterocycles. The molecule has 0 aliphatic carbocycles. The number of carbonyl (C=O) groups excluding carboxylic acids is 1. The van der Waals surface area contributed by atoms with Gasteiger partial charge >= 0.3 is 0 Å². The van der Waals surface area contributed by atoms with E-state index in [1.54, 1.807) is 24.3 Å². The van der Waals surface area contributed by atoms with Gasteiger partial charge in [0.05, 0.1) is 30.3 Å². The van der Waals surface area contributed by atoms with Crippen molar-refractivity contribution in [2.75, 3.05) is 20.3 Å². The molecule has 4 rings (SSSR count). The first-order chi connectivity index (χ1) is 15.5. The number of nitrogens with one attached hydrogen (secondary N) is 1. The lowest BCUT2D eigenvalue weighted by molar-refractivity contribution is 0.0945. The second kappa shape index (κ2) is 8.89. The molecule has 164 valence electrons. The van der Waals surface area contributed by atoms with Crippen LogP contribution in [0.25, 0.3) is 27.8 Å². The zero-order valence-corrected chi connectivity index (χ0v) is 17.5. The number of aliphatic hydroxyl groups is 1. The summed E-state index contributed by atoms with van der Waals surface area (Å²) in [6.45, 7) is -0.0430. The fourth-order valence-corrected chi connectivity index (χ4v) is 3.57. The summed E-state index contributed by atoms with van der Waals surface area (Å²) in [5.74, 6) is -1.81. The van der Waals surface area contributed by atoms with Crippen molar-refractivity contribution in [3.05, 3.63) is 70.9 Å². The van der Waals surface area contributed by atoms with Crippen LogP contribution < -0.4 is 10.1 Å². The summed E-state index contributed by atoms with van der Waals surface area (Å²) in [6.07, 6.45) is 1.32. The molecule has 0 saturated heterocycles. The van der Waals surface area contributed by atoms with E-state index in [4.69, 9.17) is 21.4 Å². The molecule has 2 N–H and O–H groups in total. The van der Waals surface area contributed by atoms with Crippen LogP contribution in [0, 0.1) is 11.6 Å². The van der Waals surface area contributed by atoms with E-state index >= 15 is 0 Å². The smallest absolute Gasteiger partial charge is 0.251 e. The number of amides is 1. The number of ether oxygens (including phenoxy) is 1. The minimum absolute atomic E-state index is 0.127. The Hall–Kier alpha value is -3.56. The molecule has 0 fully saturated rings. The van der Waals surface area contributed by atoms with Crippen molar-refractivity contribution in [1.82, 2.24) is 20.1 Å². The number of pyridine rings is 1. The molecule has 0 unspecified atom stereocenters. The van der Waals surface area contributed by atoms with Crippen molar-refractivity contribution >= 4 is 28.4 Å². The molecule has 10 heteroatoms. The molecule has 2 aromatic carbocycles. The number of benzene rings is 2. The highest BCUT2D eigenvalue weighted by Crippen LogP contribution is 2.39. The fraction of sp³-hybridized carbons (Fsp3) is 0.136. The molecule has 0 bridgehead atoms. The minimum atomic E-state index is -0.816. The number of carbonyl (C=O) groups is 1. The summed E-state index contributed by atoms with van der Waals surface area (Å²) in [4.78, 5) is 16.3. The van der Waals surface area contributed by atoms with Gasteiger partial charge in [-0.1, -0.05) is 29.8 Å². The molecule has 0 atom stereocenters. The average Bonchev–Trinajstić information content (AvgIpc) is 3.19. The van der Waals surface area contributed by atoms with Gasteiger partial charge in [0.2, 0.25) is 5.88 Å². The third kappa shape index (κ3) is 3.76. The number of para-hydroxylation sites is 1. The normalized spacial score (nSPS) is 11.0. The summed E-state index contributed by atoms with van der Waals surface area (Å²) in [5, 5.41) is 16.3. The predicted octanol–water partition coefficient (Wildman–Crippen LogP) is 3.75. The van der Waals surface area contributed by atoms with Gasteiger partial charge in [-0.2, -0.15) is 5.10 Å². The van der Waals surface area contributed by atoms with Crippen LogP contribution in [0.2, 0.25) is 5.02 Å². The highest BCUT2D eigenvalue weighted by atomic mass is 35.5. The van der Waals surface area contributed by atoms with Gasteiger partial charge in [-0.15, -0.1) is 0 Å². The fourth-order valence-electron chi connectivity index (χ4n) is 3.34. The van der Waals surface area contributed by atoms with Gasteiger partial charge in [0, 0.05) is 17.7 Å². The van der Waals surface area contributed by atoms with E-state index < -0.39 is 11.6 Å². The number of hydrogen-bond acceptors (Lipinski definition) is 5. The Bertz CT molecular complexity index is 1290. The molecule has 7 nitrogen and oxygen atoms in total. The number of methoxy groups -OCH3 is 1. The first-order valence-electron chi connectivity index (χ1n) is 9.51. The van der Waals surface area contributed by atoms with E-state index in [0.29, 0.717) is 22.2 Å². The van der Waals surface area contributed by atoms with Crippen molar-refractivity contribution in [1.29, 1.82) is 0 Å². The summed E-state index contributed by atoms with van der Waals surface area (Å²) in [7, 11) is 1.41. The van der Waals surface area contributed by atoms with E-state index in [1.165, 1.54) is 19.4 Å². The van der Waals surface area contributed by atoms with Crippen LogP contribution in [-0.4, -0.2) is 46.0 Å².